The first-order chi connectivity index (χ1) is 11.7. The van der Waals surface area contributed by atoms with E-state index >= 15 is 0 Å². The van der Waals surface area contributed by atoms with E-state index < -0.39 is 0 Å². The summed E-state index contributed by atoms with van der Waals surface area (Å²) in [7, 11) is 0. The van der Waals surface area contributed by atoms with Crippen LogP contribution in [0.3, 0.4) is 0 Å². The standard InChI is InChI=1S/C17H18ClN5OS/c1-10-19-14(22-23(10)12-7-5-11(18)6-8-12)15(24)21-16-20-13(9-25-16)17(2,3)4/h5-9H,1-4H3,(H,20,21,24). The number of carbonyl (C=O) groups is 1. The number of anilines is 1. The second-order valence-electron chi connectivity index (χ2n) is 6.61. The number of aryl methyl sites for hydroxylation is 1. The summed E-state index contributed by atoms with van der Waals surface area (Å²) in [6.45, 7) is 8.02. The normalized spacial score (nSPS) is 11.6. The minimum absolute atomic E-state index is 0.0650. The van der Waals surface area contributed by atoms with E-state index in [0.29, 0.717) is 16.0 Å². The van der Waals surface area contributed by atoms with E-state index in [1.54, 1.807) is 23.7 Å². The van der Waals surface area contributed by atoms with Crippen molar-refractivity contribution in [2.75, 3.05) is 5.32 Å². The molecule has 25 heavy (non-hydrogen) atoms. The number of nitrogens with zero attached hydrogens (tertiary/aromatic N) is 4. The second kappa shape index (κ2) is 6.57. The molecule has 3 rings (SSSR count). The van der Waals surface area contributed by atoms with Crippen molar-refractivity contribution in [3.63, 3.8) is 0 Å². The van der Waals surface area contributed by atoms with Gasteiger partial charge in [-0.05, 0) is 31.2 Å². The Morgan fingerprint density at radius 2 is 1.88 bits per heavy atom. The first-order valence-electron chi connectivity index (χ1n) is 7.71. The predicted octanol–water partition coefficient (Wildman–Crippen LogP) is 4.24. The Kier molecular flexibility index (Phi) is 4.62. The number of rotatable bonds is 3. The first-order valence-corrected chi connectivity index (χ1v) is 8.97. The SMILES string of the molecule is Cc1nc(C(=O)Nc2nc(C(C)(C)C)cs2)nn1-c1ccc(Cl)cc1. The van der Waals surface area contributed by atoms with Crippen LogP contribution in [0.4, 0.5) is 5.13 Å². The third-order valence-electron chi connectivity index (χ3n) is 3.54. The molecule has 3 aromatic rings. The van der Waals surface area contributed by atoms with E-state index in [1.807, 2.05) is 17.5 Å². The number of hydrogen-bond acceptors (Lipinski definition) is 5. The van der Waals surface area contributed by atoms with Crippen LogP contribution < -0.4 is 5.32 Å². The average molecular weight is 376 g/mol. The van der Waals surface area contributed by atoms with Crippen molar-refractivity contribution in [3.05, 3.63) is 52.0 Å². The Balaban J connectivity index is 1.80. The molecule has 0 unspecified atom stereocenters. The van der Waals surface area contributed by atoms with Crippen molar-refractivity contribution in [1.29, 1.82) is 0 Å². The molecule has 0 saturated carbocycles. The molecule has 0 aliphatic carbocycles. The van der Waals surface area contributed by atoms with Crippen molar-refractivity contribution in [2.24, 2.45) is 0 Å². The number of thiazole rings is 1. The van der Waals surface area contributed by atoms with Crippen molar-refractivity contribution >= 4 is 34.0 Å². The summed E-state index contributed by atoms with van der Waals surface area (Å²) in [5, 5.41) is 10.2. The molecule has 0 radical (unpaired) electrons. The highest BCUT2D eigenvalue weighted by atomic mass is 35.5. The summed E-state index contributed by atoms with van der Waals surface area (Å²) in [6, 6.07) is 7.17. The van der Waals surface area contributed by atoms with Gasteiger partial charge in [-0.1, -0.05) is 32.4 Å². The fourth-order valence-electron chi connectivity index (χ4n) is 2.14. The number of benzene rings is 1. The van der Waals surface area contributed by atoms with Gasteiger partial charge in [0.15, 0.2) is 5.13 Å². The molecule has 130 valence electrons. The van der Waals surface area contributed by atoms with Crippen LogP contribution in [-0.4, -0.2) is 25.7 Å². The lowest BCUT2D eigenvalue weighted by Gasteiger charge is -2.14. The third-order valence-corrected chi connectivity index (χ3v) is 4.55. The molecule has 0 fully saturated rings. The maximum atomic E-state index is 12.4. The fraction of sp³-hybridized carbons (Fsp3) is 0.294. The van der Waals surface area contributed by atoms with Gasteiger partial charge in [-0.3, -0.25) is 10.1 Å². The van der Waals surface area contributed by atoms with Crippen LogP contribution in [0.25, 0.3) is 5.69 Å². The molecule has 0 saturated heterocycles. The minimum Gasteiger partial charge on any atom is -0.295 e. The lowest BCUT2D eigenvalue weighted by molar-refractivity contribution is 0.101. The molecule has 8 heteroatoms. The van der Waals surface area contributed by atoms with Gasteiger partial charge in [0.25, 0.3) is 5.91 Å². The monoisotopic (exact) mass is 375 g/mol. The first kappa shape index (κ1) is 17.6. The Hall–Kier alpha value is -2.25. The van der Waals surface area contributed by atoms with Gasteiger partial charge in [0, 0.05) is 15.8 Å². The molecule has 2 heterocycles. The third kappa shape index (κ3) is 3.88. The van der Waals surface area contributed by atoms with Gasteiger partial charge >= 0.3 is 0 Å². The molecule has 0 aliphatic rings. The molecular weight excluding hydrogens is 358 g/mol. The van der Waals surface area contributed by atoms with Crippen LogP contribution >= 0.6 is 22.9 Å². The van der Waals surface area contributed by atoms with E-state index in [9.17, 15) is 4.79 Å². The van der Waals surface area contributed by atoms with Crippen LogP contribution in [0.15, 0.2) is 29.6 Å². The van der Waals surface area contributed by atoms with Gasteiger partial charge < -0.3 is 0 Å². The Labute approximate surface area is 154 Å². The lowest BCUT2D eigenvalue weighted by Crippen LogP contribution is -2.15. The van der Waals surface area contributed by atoms with E-state index in [2.05, 4.69) is 41.2 Å². The zero-order valence-corrected chi connectivity index (χ0v) is 15.9. The number of aromatic nitrogens is 4. The second-order valence-corrected chi connectivity index (χ2v) is 7.91. The zero-order valence-electron chi connectivity index (χ0n) is 14.4. The van der Waals surface area contributed by atoms with Gasteiger partial charge in [-0.2, -0.15) is 0 Å². The summed E-state index contributed by atoms with van der Waals surface area (Å²) in [5.41, 5.74) is 1.66. The van der Waals surface area contributed by atoms with E-state index in [1.165, 1.54) is 11.3 Å². The topological polar surface area (TPSA) is 72.7 Å². The van der Waals surface area contributed by atoms with Crippen molar-refractivity contribution in [3.8, 4) is 5.69 Å². The summed E-state index contributed by atoms with van der Waals surface area (Å²) in [4.78, 5) is 21.1. The molecule has 1 amide bonds. The van der Waals surface area contributed by atoms with E-state index in [4.69, 9.17) is 11.6 Å². The number of nitrogens with one attached hydrogen (secondary N) is 1. The summed E-state index contributed by atoms with van der Waals surface area (Å²) in [6.07, 6.45) is 0. The zero-order chi connectivity index (χ0) is 18.2. The molecule has 6 nitrogen and oxygen atoms in total. The quantitative estimate of drug-likeness (QED) is 0.743. The van der Waals surface area contributed by atoms with Crippen LogP contribution in [-0.2, 0) is 5.41 Å². The van der Waals surface area contributed by atoms with Crippen molar-refractivity contribution in [2.45, 2.75) is 33.1 Å². The highest BCUT2D eigenvalue weighted by Gasteiger charge is 2.20. The maximum Gasteiger partial charge on any atom is 0.297 e. The maximum absolute atomic E-state index is 12.4. The smallest absolute Gasteiger partial charge is 0.295 e. The average Bonchev–Trinajstić information content (AvgIpc) is 3.15. The Morgan fingerprint density at radius 1 is 1.20 bits per heavy atom. The van der Waals surface area contributed by atoms with E-state index in [-0.39, 0.29) is 17.1 Å². The number of hydrogen-bond donors (Lipinski definition) is 1. The largest absolute Gasteiger partial charge is 0.297 e. The highest BCUT2D eigenvalue weighted by Crippen LogP contribution is 2.26. The molecular formula is C17H18ClN5OS. The predicted molar refractivity (Wildman–Crippen MR) is 99.9 cm³/mol. The fourth-order valence-corrected chi connectivity index (χ4v) is 3.20. The van der Waals surface area contributed by atoms with Crippen LogP contribution in [0.2, 0.25) is 5.02 Å². The summed E-state index contributed by atoms with van der Waals surface area (Å²) >= 11 is 7.29. The van der Waals surface area contributed by atoms with Gasteiger partial charge in [0.2, 0.25) is 5.82 Å². The van der Waals surface area contributed by atoms with Gasteiger partial charge in [0.1, 0.15) is 5.82 Å². The summed E-state index contributed by atoms with van der Waals surface area (Å²) < 4.78 is 1.60. The summed E-state index contributed by atoms with van der Waals surface area (Å²) in [5.74, 6) is 0.326. The van der Waals surface area contributed by atoms with Crippen LogP contribution in [0, 0.1) is 6.92 Å². The molecule has 0 spiro atoms. The van der Waals surface area contributed by atoms with Crippen molar-refractivity contribution < 1.29 is 4.79 Å². The van der Waals surface area contributed by atoms with Crippen LogP contribution in [0.5, 0.6) is 0 Å². The van der Waals surface area contributed by atoms with E-state index in [0.717, 1.165) is 11.4 Å². The lowest BCUT2D eigenvalue weighted by atomic mass is 9.93. The minimum atomic E-state index is -0.384. The molecule has 1 aromatic carbocycles. The number of halogens is 1. The Bertz CT molecular complexity index is 908. The van der Waals surface area contributed by atoms with Crippen LogP contribution in [0.1, 0.15) is 42.9 Å². The number of carbonyl (C=O) groups excluding carboxylic acids is 1. The Morgan fingerprint density at radius 3 is 2.48 bits per heavy atom. The van der Waals surface area contributed by atoms with Gasteiger partial charge in [-0.15, -0.1) is 16.4 Å². The van der Waals surface area contributed by atoms with Gasteiger partial charge in [-0.25, -0.2) is 14.6 Å². The van der Waals surface area contributed by atoms with Crippen molar-refractivity contribution in [1.82, 2.24) is 19.7 Å². The molecule has 0 atom stereocenters. The highest BCUT2D eigenvalue weighted by molar-refractivity contribution is 7.14. The molecule has 0 aliphatic heterocycles. The molecule has 2 aromatic heterocycles. The van der Waals surface area contributed by atoms with Gasteiger partial charge in [0.05, 0.1) is 11.4 Å². The molecule has 1 N–H and O–H groups in total. The number of amides is 1. The molecule has 0 bridgehead atoms.